The van der Waals surface area contributed by atoms with E-state index < -0.39 is 0 Å². The van der Waals surface area contributed by atoms with Gasteiger partial charge in [-0.1, -0.05) is 6.07 Å². The Kier molecular flexibility index (Phi) is 4.78. The minimum Gasteiger partial charge on any atom is -0.486 e. The van der Waals surface area contributed by atoms with Crippen LogP contribution in [0.2, 0.25) is 0 Å². The Morgan fingerprint density at radius 2 is 1.96 bits per heavy atom. The molecule has 2 N–H and O–H groups in total. The lowest BCUT2D eigenvalue weighted by atomic mass is 9.90. The summed E-state index contributed by atoms with van der Waals surface area (Å²) in [6.07, 6.45) is 3.58. The van der Waals surface area contributed by atoms with Gasteiger partial charge in [0.1, 0.15) is 18.2 Å². The molecule has 5 rings (SSSR count). The number of anilines is 3. The van der Waals surface area contributed by atoms with E-state index in [2.05, 4.69) is 27.8 Å². The number of hydrogen-bond donors (Lipinski definition) is 2. The zero-order valence-corrected chi connectivity index (χ0v) is 15.8. The molecule has 2 fully saturated rings. The Balaban J connectivity index is 1.48. The smallest absolute Gasteiger partial charge is 0.165 e. The predicted octanol–water partition coefficient (Wildman–Crippen LogP) is 3.16. The molecule has 0 aliphatic carbocycles. The lowest BCUT2D eigenvalue weighted by Gasteiger charge is -2.31. The van der Waals surface area contributed by atoms with Gasteiger partial charge in [0.15, 0.2) is 5.82 Å². The molecule has 28 heavy (non-hydrogen) atoms. The summed E-state index contributed by atoms with van der Waals surface area (Å²) < 4.78 is 26.2. The molecule has 0 spiro atoms. The molecular formula is C21H25FN4O2. The second-order valence-electron chi connectivity index (χ2n) is 7.57. The van der Waals surface area contributed by atoms with E-state index in [9.17, 15) is 4.39 Å². The Hall–Kier alpha value is -2.38. The topological polar surface area (TPSA) is 58.7 Å². The predicted molar refractivity (Wildman–Crippen MR) is 106 cm³/mol. The highest BCUT2D eigenvalue weighted by molar-refractivity contribution is 5.73. The summed E-state index contributed by atoms with van der Waals surface area (Å²) in [5, 5.41) is 6.83. The number of hydrogen-bond acceptors (Lipinski definition) is 6. The third-order valence-corrected chi connectivity index (χ3v) is 5.87. The fraction of sp³-hybridized carbons (Fsp3) is 0.476. The van der Waals surface area contributed by atoms with Gasteiger partial charge in [-0.25, -0.2) is 9.37 Å². The summed E-state index contributed by atoms with van der Waals surface area (Å²) in [5.41, 5.74) is 3.56. The van der Waals surface area contributed by atoms with Crippen molar-refractivity contribution in [1.82, 2.24) is 10.3 Å². The molecule has 0 radical (unpaired) electrons. The van der Waals surface area contributed by atoms with E-state index in [0.717, 1.165) is 42.9 Å². The Labute approximate surface area is 164 Å². The molecule has 0 unspecified atom stereocenters. The van der Waals surface area contributed by atoms with Crippen LogP contribution in [0.4, 0.5) is 21.6 Å². The average molecular weight is 384 g/mol. The number of nitrogens with zero attached hydrogens (tertiary/aromatic N) is 2. The zero-order valence-electron chi connectivity index (χ0n) is 15.8. The normalized spacial score (nSPS) is 19.8. The van der Waals surface area contributed by atoms with Gasteiger partial charge in [-0.05, 0) is 49.5 Å². The molecule has 1 aromatic carbocycles. The quantitative estimate of drug-likeness (QED) is 0.830. The van der Waals surface area contributed by atoms with Gasteiger partial charge in [-0.2, -0.15) is 0 Å². The minimum absolute atomic E-state index is 0.291. The summed E-state index contributed by atoms with van der Waals surface area (Å²) in [5.74, 6) is 1.70. The third-order valence-electron chi connectivity index (χ3n) is 5.87. The van der Waals surface area contributed by atoms with Crippen LogP contribution in [0.25, 0.3) is 0 Å². The molecular weight excluding hydrogens is 359 g/mol. The maximum Gasteiger partial charge on any atom is 0.165 e. The highest BCUT2D eigenvalue weighted by atomic mass is 19.1. The van der Waals surface area contributed by atoms with Gasteiger partial charge in [0.2, 0.25) is 0 Å². The van der Waals surface area contributed by atoms with Crippen molar-refractivity contribution in [3.8, 4) is 5.75 Å². The van der Waals surface area contributed by atoms with E-state index in [-0.39, 0.29) is 5.82 Å². The second-order valence-corrected chi connectivity index (χ2v) is 7.57. The number of rotatable bonds is 2. The molecule has 4 heterocycles. The van der Waals surface area contributed by atoms with Gasteiger partial charge in [0.05, 0.1) is 36.3 Å². The summed E-state index contributed by atoms with van der Waals surface area (Å²) in [6, 6.07) is 6.35. The van der Waals surface area contributed by atoms with Crippen LogP contribution in [0.15, 0.2) is 24.4 Å². The number of benzene rings is 1. The number of piperidine rings is 1. The first-order chi connectivity index (χ1) is 13.8. The summed E-state index contributed by atoms with van der Waals surface area (Å²) in [7, 11) is 0. The van der Waals surface area contributed by atoms with Crippen molar-refractivity contribution in [3.63, 3.8) is 0 Å². The zero-order chi connectivity index (χ0) is 18.9. The molecule has 1 aromatic heterocycles. The lowest BCUT2D eigenvalue weighted by molar-refractivity contribution is 0.122. The van der Waals surface area contributed by atoms with Crippen molar-refractivity contribution in [3.05, 3.63) is 41.3 Å². The molecule has 0 atom stereocenters. The summed E-state index contributed by atoms with van der Waals surface area (Å²) in [6.45, 7) is 4.94. The van der Waals surface area contributed by atoms with Crippen LogP contribution in [0.5, 0.6) is 5.75 Å². The highest BCUT2D eigenvalue weighted by Gasteiger charge is 2.26. The largest absolute Gasteiger partial charge is 0.486 e. The van der Waals surface area contributed by atoms with Crippen LogP contribution in [0.1, 0.15) is 29.9 Å². The van der Waals surface area contributed by atoms with Gasteiger partial charge < -0.3 is 25.0 Å². The maximum absolute atomic E-state index is 14.7. The van der Waals surface area contributed by atoms with Crippen molar-refractivity contribution in [2.24, 2.45) is 0 Å². The van der Waals surface area contributed by atoms with Crippen LogP contribution < -0.4 is 20.3 Å². The van der Waals surface area contributed by atoms with Gasteiger partial charge in [-0.3, -0.25) is 0 Å². The number of ether oxygens (including phenoxy) is 2. The third kappa shape index (κ3) is 3.29. The van der Waals surface area contributed by atoms with E-state index in [1.54, 1.807) is 0 Å². The molecule has 7 heteroatoms. The molecule has 6 nitrogen and oxygen atoms in total. The number of halogens is 1. The summed E-state index contributed by atoms with van der Waals surface area (Å²) >= 11 is 0. The summed E-state index contributed by atoms with van der Waals surface area (Å²) in [4.78, 5) is 6.37. The van der Waals surface area contributed by atoms with E-state index in [1.165, 1.54) is 11.8 Å². The molecule has 2 saturated heterocycles. The molecule has 3 aliphatic rings. The van der Waals surface area contributed by atoms with Crippen molar-refractivity contribution < 1.29 is 13.9 Å². The van der Waals surface area contributed by atoms with E-state index in [0.29, 0.717) is 50.3 Å². The van der Waals surface area contributed by atoms with Gasteiger partial charge >= 0.3 is 0 Å². The van der Waals surface area contributed by atoms with Crippen LogP contribution in [0.3, 0.4) is 0 Å². The lowest BCUT2D eigenvalue weighted by Crippen LogP contribution is -2.37. The van der Waals surface area contributed by atoms with Crippen LogP contribution in [0, 0.1) is 5.82 Å². The van der Waals surface area contributed by atoms with E-state index >= 15 is 0 Å². The molecule has 2 aromatic rings. The van der Waals surface area contributed by atoms with Gasteiger partial charge in [-0.15, -0.1) is 0 Å². The van der Waals surface area contributed by atoms with Crippen molar-refractivity contribution in [1.29, 1.82) is 0 Å². The van der Waals surface area contributed by atoms with Crippen LogP contribution in [-0.4, -0.2) is 44.4 Å². The fourth-order valence-corrected chi connectivity index (χ4v) is 4.35. The Bertz CT molecular complexity index is 864. The van der Waals surface area contributed by atoms with Crippen molar-refractivity contribution in [2.45, 2.75) is 25.4 Å². The number of fused-ring (bicyclic) bond motifs is 2. The minimum atomic E-state index is -0.313. The van der Waals surface area contributed by atoms with Gasteiger partial charge in [0.25, 0.3) is 0 Å². The fourth-order valence-electron chi connectivity index (χ4n) is 4.35. The van der Waals surface area contributed by atoms with Crippen LogP contribution >= 0.6 is 0 Å². The number of morpholine rings is 1. The maximum atomic E-state index is 14.7. The first kappa shape index (κ1) is 17.7. The standard InChI is InChI=1S/C21H25FN4O2/c22-17-12-24-21-16(20(17)26-7-9-27-10-8-26)13-28-19-2-1-15(11-18(19)25-21)14-3-5-23-6-4-14/h1-2,11-12,14,23H,3-10,13H2,(H,24,25). The first-order valence-electron chi connectivity index (χ1n) is 10.0. The van der Waals surface area contributed by atoms with Crippen molar-refractivity contribution in [2.75, 3.05) is 49.6 Å². The molecule has 3 aliphatic heterocycles. The van der Waals surface area contributed by atoms with Gasteiger partial charge in [0, 0.05) is 13.1 Å². The Morgan fingerprint density at radius 3 is 2.79 bits per heavy atom. The average Bonchev–Trinajstić information content (AvgIpc) is 2.94. The van der Waals surface area contributed by atoms with Crippen LogP contribution in [-0.2, 0) is 11.3 Å². The molecule has 0 amide bonds. The molecule has 0 bridgehead atoms. The van der Waals surface area contributed by atoms with Crippen molar-refractivity contribution >= 4 is 17.2 Å². The first-order valence-corrected chi connectivity index (χ1v) is 10.0. The van der Waals surface area contributed by atoms with E-state index in [1.807, 2.05) is 11.0 Å². The Morgan fingerprint density at radius 1 is 1.14 bits per heavy atom. The SMILES string of the molecule is Fc1cnc2c(c1N1CCOCC1)COc1ccc(C3CCNCC3)cc1N2. The molecule has 0 saturated carbocycles. The number of pyridine rings is 1. The monoisotopic (exact) mass is 384 g/mol. The molecule has 148 valence electrons. The number of aromatic nitrogens is 1. The second kappa shape index (κ2) is 7.56. The van der Waals surface area contributed by atoms with E-state index in [4.69, 9.17) is 9.47 Å². The highest BCUT2D eigenvalue weighted by Crippen LogP contribution is 2.40. The number of nitrogens with one attached hydrogen (secondary N) is 2.